The molecule has 1 fully saturated rings. The van der Waals surface area contributed by atoms with Gasteiger partial charge in [-0.2, -0.15) is 9.67 Å². The van der Waals surface area contributed by atoms with Crippen LogP contribution in [0.2, 0.25) is 0 Å². The Balaban J connectivity index is 1.96. The third-order valence-electron chi connectivity index (χ3n) is 2.62. The summed E-state index contributed by atoms with van der Waals surface area (Å²) < 4.78 is 14.9. The molecule has 1 heterocycles. The van der Waals surface area contributed by atoms with Crippen LogP contribution < -0.4 is 11.1 Å². The van der Waals surface area contributed by atoms with Crippen molar-refractivity contribution >= 4 is 11.9 Å². The van der Waals surface area contributed by atoms with Crippen LogP contribution in [0.1, 0.15) is 12.8 Å². The summed E-state index contributed by atoms with van der Waals surface area (Å²) in [7, 11) is 0. The van der Waals surface area contributed by atoms with Crippen LogP contribution in [0.15, 0.2) is 24.3 Å². The van der Waals surface area contributed by atoms with Crippen molar-refractivity contribution in [1.29, 1.82) is 0 Å². The number of benzene rings is 1. The summed E-state index contributed by atoms with van der Waals surface area (Å²) in [6.45, 7) is 0. The third kappa shape index (κ3) is 1.93. The molecule has 88 valence electrons. The number of aromatic nitrogens is 3. The number of nitrogens with two attached hydrogens (primary N) is 1. The minimum absolute atomic E-state index is 0.179. The highest BCUT2D eigenvalue weighted by Gasteiger charge is 2.23. The van der Waals surface area contributed by atoms with Crippen LogP contribution in [-0.4, -0.2) is 20.8 Å². The van der Waals surface area contributed by atoms with Crippen molar-refractivity contribution in [2.75, 3.05) is 11.1 Å². The van der Waals surface area contributed by atoms with Crippen LogP contribution in [0.4, 0.5) is 16.3 Å². The Morgan fingerprint density at radius 1 is 1.35 bits per heavy atom. The predicted molar refractivity (Wildman–Crippen MR) is 62.4 cm³/mol. The summed E-state index contributed by atoms with van der Waals surface area (Å²) in [6.07, 6.45) is 2.24. The standard InChI is InChI=1S/C11H12FN5/c12-8-3-1-2-4-9(8)17-10(13)15-11(16-17)14-7-5-6-7/h1-4,7H,5-6H2,(H3,13,14,15,16). The molecule has 6 heteroatoms. The fourth-order valence-electron chi connectivity index (χ4n) is 1.60. The molecule has 0 saturated heterocycles. The van der Waals surface area contributed by atoms with Gasteiger partial charge in [-0.3, -0.25) is 0 Å². The van der Waals surface area contributed by atoms with E-state index in [2.05, 4.69) is 15.4 Å². The van der Waals surface area contributed by atoms with Gasteiger partial charge in [-0.05, 0) is 25.0 Å². The molecule has 0 bridgehead atoms. The number of nitrogens with zero attached hydrogens (tertiary/aromatic N) is 3. The molecular formula is C11H12FN5. The number of hydrogen-bond donors (Lipinski definition) is 2. The number of nitrogen functional groups attached to an aromatic ring is 1. The lowest BCUT2D eigenvalue weighted by molar-refractivity contribution is 0.612. The second-order valence-electron chi connectivity index (χ2n) is 4.08. The number of anilines is 2. The summed E-state index contributed by atoms with van der Waals surface area (Å²) in [6, 6.07) is 6.76. The van der Waals surface area contributed by atoms with Crippen LogP contribution in [0.25, 0.3) is 5.69 Å². The molecule has 1 aliphatic rings. The quantitative estimate of drug-likeness (QED) is 0.844. The zero-order chi connectivity index (χ0) is 11.8. The normalized spacial score (nSPS) is 14.9. The van der Waals surface area contributed by atoms with Gasteiger partial charge in [0.25, 0.3) is 0 Å². The van der Waals surface area contributed by atoms with Gasteiger partial charge in [0.1, 0.15) is 11.5 Å². The fourth-order valence-corrected chi connectivity index (χ4v) is 1.60. The SMILES string of the molecule is Nc1nc(NC2CC2)nn1-c1ccccc1F. The highest BCUT2D eigenvalue weighted by molar-refractivity contribution is 5.43. The minimum Gasteiger partial charge on any atom is -0.368 e. The molecule has 3 N–H and O–H groups in total. The highest BCUT2D eigenvalue weighted by atomic mass is 19.1. The Morgan fingerprint density at radius 2 is 2.12 bits per heavy atom. The van der Waals surface area contributed by atoms with E-state index in [4.69, 9.17) is 5.73 Å². The Morgan fingerprint density at radius 3 is 2.82 bits per heavy atom. The van der Waals surface area contributed by atoms with Crippen molar-refractivity contribution < 1.29 is 4.39 Å². The third-order valence-corrected chi connectivity index (χ3v) is 2.62. The van der Waals surface area contributed by atoms with Gasteiger partial charge < -0.3 is 11.1 Å². The lowest BCUT2D eigenvalue weighted by Crippen LogP contribution is -2.05. The summed E-state index contributed by atoms with van der Waals surface area (Å²) in [5, 5.41) is 7.27. The van der Waals surface area contributed by atoms with Crippen molar-refractivity contribution in [2.45, 2.75) is 18.9 Å². The van der Waals surface area contributed by atoms with E-state index >= 15 is 0 Å². The van der Waals surface area contributed by atoms with E-state index in [1.807, 2.05) is 0 Å². The molecule has 1 aromatic carbocycles. The van der Waals surface area contributed by atoms with Gasteiger partial charge in [-0.25, -0.2) is 4.39 Å². The first kappa shape index (κ1) is 10.1. The largest absolute Gasteiger partial charge is 0.368 e. The number of hydrogen-bond acceptors (Lipinski definition) is 4. The molecule has 0 atom stereocenters. The molecule has 3 rings (SSSR count). The van der Waals surface area contributed by atoms with Gasteiger partial charge >= 0.3 is 0 Å². The van der Waals surface area contributed by atoms with Crippen LogP contribution in [0.5, 0.6) is 0 Å². The van der Waals surface area contributed by atoms with Gasteiger partial charge in [-0.1, -0.05) is 12.1 Å². The molecule has 17 heavy (non-hydrogen) atoms. The molecule has 0 amide bonds. The van der Waals surface area contributed by atoms with E-state index in [-0.39, 0.29) is 11.8 Å². The maximum absolute atomic E-state index is 13.6. The average molecular weight is 233 g/mol. The van der Waals surface area contributed by atoms with E-state index in [0.29, 0.717) is 17.7 Å². The van der Waals surface area contributed by atoms with Crippen LogP contribution in [0.3, 0.4) is 0 Å². The first-order chi connectivity index (χ1) is 8.24. The van der Waals surface area contributed by atoms with E-state index in [1.54, 1.807) is 18.2 Å². The molecule has 5 nitrogen and oxygen atoms in total. The Bertz CT molecular complexity index is 547. The first-order valence-electron chi connectivity index (χ1n) is 5.48. The summed E-state index contributed by atoms with van der Waals surface area (Å²) in [5.74, 6) is 0.258. The summed E-state index contributed by atoms with van der Waals surface area (Å²) in [5.41, 5.74) is 6.03. The average Bonchev–Trinajstić information content (AvgIpc) is 3.03. The van der Waals surface area contributed by atoms with Crippen LogP contribution in [-0.2, 0) is 0 Å². The summed E-state index contributed by atoms with van der Waals surface area (Å²) >= 11 is 0. The van der Waals surface area contributed by atoms with Crippen molar-refractivity contribution in [2.24, 2.45) is 0 Å². The summed E-state index contributed by atoms with van der Waals surface area (Å²) in [4.78, 5) is 4.06. The molecular weight excluding hydrogens is 221 g/mol. The topological polar surface area (TPSA) is 68.8 Å². The fraction of sp³-hybridized carbons (Fsp3) is 0.273. The van der Waals surface area contributed by atoms with E-state index in [1.165, 1.54) is 10.7 Å². The Labute approximate surface area is 97.5 Å². The number of nitrogens with one attached hydrogen (secondary N) is 1. The number of para-hydroxylation sites is 1. The zero-order valence-corrected chi connectivity index (χ0v) is 9.10. The molecule has 0 radical (unpaired) electrons. The maximum atomic E-state index is 13.6. The first-order valence-corrected chi connectivity index (χ1v) is 5.48. The maximum Gasteiger partial charge on any atom is 0.244 e. The van der Waals surface area contributed by atoms with Gasteiger partial charge in [0.05, 0.1) is 0 Å². The van der Waals surface area contributed by atoms with Crippen molar-refractivity contribution in [3.63, 3.8) is 0 Å². The van der Waals surface area contributed by atoms with E-state index in [0.717, 1.165) is 12.8 Å². The zero-order valence-electron chi connectivity index (χ0n) is 9.10. The van der Waals surface area contributed by atoms with Gasteiger partial charge in [0.2, 0.25) is 11.9 Å². The van der Waals surface area contributed by atoms with Gasteiger partial charge in [0, 0.05) is 6.04 Å². The molecule has 1 aliphatic carbocycles. The van der Waals surface area contributed by atoms with Crippen molar-refractivity contribution in [3.8, 4) is 5.69 Å². The van der Waals surface area contributed by atoms with Crippen molar-refractivity contribution in [1.82, 2.24) is 14.8 Å². The van der Waals surface area contributed by atoms with Crippen LogP contribution >= 0.6 is 0 Å². The monoisotopic (exact) mass is 233 g/mol. The highest BCUT2D eigenvalue weighted by Crippen LogP contribution is 2.24. The Hall–Kier alpha value is -2.11. The van der Waals surface area contributed by atoms with Crippen LogP contribution in [0, 0.1) is 5.82 Å². The number of rotatable bonds is 3. The molecule has 0 aliphatic heterocycles. The lowest BCUT2D eigenvalue weighted by atomic mass is 10.3. The second kappa shape index (κ2) is 3.73. The van der Waals surface area contributed by atoms with E-state index < -0.39 is 0 Å². The molecule has 0 spiro atoms. The van der Waals surface area contributed by atoms with Crippen molar-refractivity contribution in [3.05, 3.63) is 30.1 Å². The Kier molecular flexibility index (Phi) is 2.21. The second-order valence-corrected chi connectivity index (χ2v) is 4.08. The van der Waals surface area contributed by atoms with E-state index in [9.17, 15) is 4.39 Å². The lowest BCUT2D eigenvalue weighted by Gasteiger charge is -2.02. The predicted octanol–water partition coefficient (Wildman–Crippen LogP) is 1.56. The smallest absolute Gasteiger partial charge is 0.244 e. The molecule has 0 unspecified atom stereocenters. The number of halogens is 1. The van der Waals surface area contributed by atoms with Gasteiger partial charge in [0.15, 0.2) is 0 Å². The molecule has 2 aromatic rings. The van der Waals surface area contributed by atoms with Gasteiger partial charge in [-0.15, -0.1) is 5.10 Å². The molecule has 1 saturated carbocycles. The minimum atomic E-state index is -0.373. The molecule has 1 aromatic heterocycles.